The molecule has 5 rings (SSSR count). The van der Waals surface area contributed by atoms with Crippen LogP contribution in [0.1, 0.15) is 61.8 Å². The SMILES string of the molecule is O=C(Nc1nc(-c2ccccc2)c(Cc2ccccc2)s1)[C@H]1CCCCN1C(=O)CC1CCCC1. The third kappa shape index (κ3) is 5.81. The molecule has 1 atom stereocenters. The first kappa shape index (κ1) is 23.7. The molecule has 1 aliphatic carbocycles. The summed E-state index contributed by atoms with van der Waals surface area (Å²) in [7, 11) is 0. The van der Waals surface area contributed by atoms with Gasteiger partial charge in [-0.25, -0.2) is 4.98 Å². The standard InChI is InChI=1S/C29H33N3O2S/c33-26(20-22-13-7-8-14-22)32-18-10-9-17-24(32)28(34)31-29-30-27(23-15-5-2-6-16-23)25(35-29)19-21-11-3-1-4-12-21/h1-6,11-12,15-16,22,24H,7-10,13-14,17-20H2,(H,30,31,34)/t24-/m1/s1. The van der Waals surface area contributed by atoms with Gasteiger partial charge in [-0.05, 0) is 43.6 Å². The summed E-state index contributed by atoms with van der Waals surface area (Å²) in [6.07, 6.45) is 8.73. The van der Waals surface area contributed by atoms with Gasteiger partial charge in [0.25, 0.3) is 0 Å². The van der Waals surface area contributed by atoms with Crippen LogP contribution in [0.3, 0.4) is 0 Å². The van der Waals surface area contributed by atoms with Crippen molar-refractivity contribution in [2.75, 3.05) is 11.9 Å². The maximum atomic E-state index is 13.4. The Balaban J connectivity index is 1.34. The van der Waals surface area contributed by atoms with E-state index in [0.717, 1.165) is 54.7 Å². The number of aromatic nitrogens is 1. The van der Waals surface area contributed by atoms with Crippen molar-refractivity contribution in [2.45, 2.75) is 63.8 Å². The quantitative estimate of drug-likeness (QED) is 0.425. The number of hydrogen-bond donors (Lipinski definition) is 1. The van der Waals surface area contributed by atoms with E-state index in [1.54, 1.807) is 0 Å². The Morgan fingerprint density at radius 2 is 1.60 bits per heavy atom. The predicted octanol–water partition coefficient (Wildman–Crippen LogP) is 6.30. The molecule has 1 aromatic heterocycles. The lowest BCUT2D eigenvalue weighted by Gasteiger charge is -2.35. The Labute approximate surface area is 211 Å². The second kappa shape index (κ2) is 11.2. The molecule has 2 heterocycles. The number of benzene rings is 2. The van der Waals surface area contributed by atoms with Crippen LogP contribution in [0.4, 0.5) is 5.13 Å². The van der Waals surface area contributed by atoms with Crippen molar-refractivity contribution in [2.24, 2.45) is 5.92 Å². The predicted molar refractivity (Wildman–Crippen MR) is 141 cm³/mol. The monoisotopic (exact) mass is 487 g/mol. The third-order valence-corrected chi connectivity index (χ3v) is 8.22. The first-order chi connectivity index (χ1) is 17.2. The minimum atomic E-state index is -0.403. The van der Waals surface area contributed by atoms with Crippen molar-refractivity contribution in [1.29, 1.82) is 0 Å². The summed E-state index contributed by atoms with van der Waals surface area (Å²) in [5, 5.41) is 3.69. The molecule has 0 radical (unpaired) electrons. The maximum Gasteiger partial charge on any atom is 0.248 e. The van der Waals surface area contributed by atoms with Gasteiger partial charge in [0, 0.05) is 29.8 Å². The van der Waals surface area contributed by atoms with Crippen molar-refractivity contribution in [1.82, 2.24) is 9.88 Å². The number of anilines is 1. The maximum absolute atomic E-state index is 13.4. The molecule has 182 valence electrons. The molecule has 35 heavy (non-hydrogen) atoms. The van der Waals surface area contributed by atoms with E-state index < -0.39 is 6.04 Å². The lowest BCUT2D eigenvalue weighted by Crippen LogP contribution is -2.50. The van der Waals surface area contributed by atoms with Gasteiger partial charge >= 0.3 is 0 Å². The molecule has 2 fully saturated rings. The first-order valence-corrected chi connectivity index (χ1v) is 13.7. The largest absolute Gasteiger partial charge is 0.331 e. The van der Waals surface area contributed by atoms with Crippen LogP contribution in [0, 0.1) is 5.92 Å². The summed E-state index contributed by atoms with van der Waals surface area (Å²) >= 11 is 1.53. The van der Waals surface area contributed by atoms with E-state index in [1.165, 1.54) is 29.7 Å². The summed E-state index contributed by atoms with van der Waals surface area (Å²) in [5.74, 6) is 0.524. The molecule has 1 aliphatic heterocycles. The third-order valence-electron chi connectivity index (χ3n) is 7.25. The van der Waals surface area contributed by atoms with E-state index in [0.29, 0.717) is 24.0 Å². The summed E-state index contributed by atoms with van der Waals surface area (Å²) in [6.45, 7) is 0.677. The zero-order valence-corrected chi connectivity index (χ0v) is 20.9. The molecule has 1 N–H and O–H groups in total. The van der Waals surface area contributed by atoms with E-state index in [-0.39, 0.29) is 11.8 Å². The van der Waals surface area contributed by atoms with Crippen LogP contribution < -0.4 is 5.32 Å². The fraction of sp³-hybridized carbons (Fsp3) is 0.414. The van der Waals surface area contributed by atoms with Gasteiger partial charge in [-0.15, -0.1) is 11.3 Å². The Bertz CT molecular complexity index is 1140. The molecule has 2 aromatic carbocycles. The zero-order chi connectivity index (χ0) is 24.0. The van der Waals surface area contributed by atoms with E-state index in [4.69, 9.17) is 4.98 Å². The Kier molecular flexibility index (Phi) is 7.57. The van der Waals surface area contributed by atoms with E-state index in [1.807, 2.05) is 41.3 Å². The van der Waals surface area contributed by atoms with E-state index in [2.05, 4.69) is 29.6 Å². The van der Waals surface area contributed by atoms with Gasteiger partial charge < -0.3 is 10.2 Å². The molecular weight excluding hydrogens is 454 g/mol. The lowest BCUT2D eigenvalue weighted by atomic mass is 9.98. The number of carbonyl (C=O) groups excluding carboxylic acids is 2. The number of piperidine rings is 1. The van der Waals surface area contributed by atoms with Gasteiger partial charge in [0.1, 0.15) is 6.04 Å². The number of nitrogens with one attached hydrogen (secondary N) is 1. The molecule has 0 unspecified atom stereocenters. The zero-order valence-electron chi connectivity index (χ0n) is 20.1. The highest BCUT2D eigenvalue weighted by atomic mass is 32.1. The minimum absolute atomic E-state index is 0.107. The normalized spacial score (nSPS) is 18.5. The molecule has 1 saturated heterocycles. The highest BCUT2D eigenvalue weighted by Crippen LogP contribution is 2.34. The second-order valence-corrected chi connectivity index (χ2v) is 10.8. The van der Waals surface area contributed by atoms with Crippen LogP contribution in [-0.2, 0) is 16.0 Å². The van der Waals surface area contributed by atoms with E-state index >= 15 is 0 Å². The van der Waals surface area contributed by atoms with Gasteiger partial charge in [0.15, 0.2) is 5.13 Å². The minimum Gasteiger partial charge on any atom is -0.331 e. The van der Waals surface area contributed by atoms with Crippen molar-refractivity contribution in [3.63, 3.8) is 0 Å². The summed E-state index contributed by atoms with van der Waals surface area (Å²) in [6, 6.07) is 20.1. The molecule has 2 amide bonds. The van der Waals surface area contributed by atoms with Gasteiger partial charge in [0.05, 0.1) is 5.69 Å². The van der Waals surface area contributed by atoms with Gasteiger partial charge in [-0.3, -0.25) is 9.59 Å². The number of thiazole rings is 1. The summed E-state index contributed by atoms with van der Waals surface area (Å²) in [4.78, 5) is 34.3. The molecule has 0 spiro atoms. The van der Waals surface area contributed by atoms with Crippen LogP contribution in [0.5, 0.6) is 0 Å². The average molecular weight is 488 g/mol. The van der Waals surface area contributed by atoms with Crippen LogP contribution in [-0.4, -0.2) is 34.3 Å². The Morgan fingerprint density at radius 1 is 0.914 bits per heavy atom. The number of likely N-dealkylation sites (tertiary alicyclic amines) is 1. The van der Waals surface area contributed by atoms with Crippen molar-refractivity contribution in [3.05, 3.63) is 71.1 Å². The fourth-order valence-electron chi connectivity index (χ4n) is 5.40. The number of hydrogen-bond acceptors (Lipinski definition) is 4. The molecule has 1 saturated carbocycles. The molecule has 3 aromatic rings. The number of nitrogens with zero attached hydrogens (tertiary/aromatic N) is 2. The van der Waals surface area contributed by atoms with Crippen LogP contribution in [0.15, 0.2) is 60.7 Å². The highest BCUT2D eigenvalue weighted by Gasteiger charge is 2.34. The van der Waals surface area contributed by atoms with Gasteiger partial charge in [-0.2, -0.15) is 0 Å². The Morgan fingerprint density at radius 3 is 2.34 bits per heavy atom. The number of rotatable bonds is 7. The molecule has 0 bridgehead atoms. The van der Waals surface area contributed by atoms with Crippen LogP contribution >= 0.6 is 11.3 Å². The second-order valence-electron chi connectivity index (χ2n) is 9.76. The average Bonchev–Trinajstić information content (AvgIpc) is 3.55. The number of amides is 2. The molecular formula is C29H33N3O2S. The summed E-state index contributed by atoms with van der Waals surface area (Å²) in [5.41, 5.74) is 3.16. The number of carbonyl (C=O) groups is 2. The van der Waals surface area contributed by atoms with Crippen LogP contribution in [0.25, 0.3) is 11.3 Å². The molecule has 2 aliphatic rings. The van der Waals surface area contributed by atoms with Crippen molar-refractivity contribution < 1.29 is 9.59 Å². The van der Waals surface area contributed by atoms with Crippen molar-refractivity contribution in [3.8, 4) is 11.3 Å². The van der Waals surface area contributed by atoms with Crippen LogP contribution in [0.2, 0.25) is 0 Å². The summed E-state index contributed by atoms with van der Waals surface area (Å²) < 4.78 is 0. The van der Waals surface area contributed by atoms with Gasteiger partial charge in [0.2, 0.25) is 11.8 Å². The fourth-order valence-corrected chi connectivity index (χ4v) is 6.42. The smallest absolute Gasteiger partial charge is 0.248 e. The first-order valence-electron chi connectivity index (χ1n) is 12.9. The lowest BCUT2D eigenvalue weighted by molar-refractivity contribution is -0.141. The molecule has 5 nitrogen and oxygen atoms in total. The van der Waals surface area contributed by atoms with Gasteiger partial charge in [-0.1, -0.05) is 73.5 Å². The highest BCUT2D eigenvalue weighted by molar-refractivity contribution is 7.16. The molecule has 6 heteroatoms. The Hall–Kier alpha value is -2.99. The van der Waals surface area contributed by atoms with E-state index in [9.17, 15) is 9.59 Å². The van der Waals surface area contributed by atoms with Crippen molar-refractivity contribution >= 4 is 28.3 Å². The topological polar surface area (TPSA) is 62.3 Å².